The van der Waals surface area contributed by atoms with Gasteiger partial charge in [-0.05, 0) is 0 Å². The summed E-state index contributed by atoms with van der Waals surface area (Å²) in [6.45, 7) is -0.806. The van der Waals surface area contributed by atoms with Crippen molar-refractivity contribution in [1.29, 1.82) is 0 Å². The van der Waals surface area contributed by atoms with E-state index < -0.39 is 63.6 Å². The van der Waals surface area contributed by atoms with Crippen LogP contribution in [0.1, 0.15) is 0 Å². The number of carboxylic acid groups (broad SMARTS) is 1. The number of aromatic nitrogens is 2. The molecule has 1 aliphatic rings. The minimum atomic E-state index is -4.08. The van der Waals surface area contributed by atoms with E-state index in [9.17, 15) is 33.3 Å². The van der Waals surface area contributed by atoms with E-state index in [1.54, 1.807) is 0 Å². The number of ether oxygens (including phenoxy) is 2. The summed E-state index contributed by atoms with van der Waals surface area (Å²) in [5, 5.41) is 46.4. The minimum Gasteiger partial charge on any atom is -0.479 e. The predicted molar refractivity (Wildman–Crippen MR) is 83.3 cm³/mol. The molecule has 2 rings (SSSR count). The molecule has 0 spiro atoms. The molecule has 1 fully saturated rings. The van der Waals surface area contributed by atoms with E-state index in [-0.39, 0.29) is 4.80 Å². The van der Waals surface area contributed by atoms with Crippen molar-refractivity contribution < 1.29 is 47.9 Å². The Kier molecular flexibility index (Phi) is 6.43. The van der Waals surface area contributed by atoms with Crippen LogP contribution in [0.15, 0.2) is 9.33 Å². The lowest BCUT2D eigenvalue weighted by Gasteiger charge is -2.38. The van der Waals surface area contributed by atoms with Crippen molar-refractivity contribution in [3.8, 4) is 0 Å². The molecule has 6 N–H and O–H groups in total. The maximum Gasteiger partial charge on any atom is 0.335 e. The summed E-state index contributed by atoms with van der Waals surface area (Å²) in [6.07, 6.45) is -9.20. The Morgan fingerprint density at radius 1 is 1.33 bits per heavy atom. The Morgan fingerprint density at radius 3 is 2.48 bits per heavy atom. The average Bonchev–Trinajstić information content (AvgIpc) is 2.92. The van der Waals surface area contributed by atoms with Crippen LogP contribution in [0.2, 0.25) is 0 Å². The van der Waals surface area contributed by atoms with Gasteiger partial charge in [-0.25, -0.2) is 23.0 Å². The molecule has 2 heterocycles. The lowest BCUT2D eigenvalue weighted by molar-refractivity contribution is -0.292. The number of carboxylic acids is 1. The summed E-state index contributed by atoms with van der Waals surface area (Å²) >= 11 is 0.526. The van der Waals surface area contributed by atoms with Crippen molar-refractivity contribution in [2.24, 2.45) is 17.2 Å². The van der Waals surface area contributed by atoms with Gasteiger partial charge in [-0.15, -0.1) is 5.10 Å². The molecule has 0 radical (unpaired) electrons. The number of hydrogen-bond donors (Lipinski definition) is 5. The van der Waals surface area contributed by atoms with Gasteiger partial charge in [0.1, 0.15) is 24.9 Å². The molecule has 1 aromatic heterocycles. The number of carbonyl (C=O) groups is 2. The number of nitrogens with two attached hydrogens (primary N) is 1. The molecule has 5 atom stereocenters. The summed E-state index contributed by atoms with van der Waals surface area (Å²) < 4.78 is 32.7. The fourth-order valence-electron chi connectivity index (χ4n) is 2.02. The van der Waals surface area contributed by atoms with E-state index in [2.05, 4.69) is 10.1 Å². The Hall–Kier alpha value is -1.79. The molecule has 0 saturated carbocycles. The number of rotatable bonds is 5. The van der Waals surface area contributed by atoms with Crippen LogP contribution in [0.4, 0.5) is 0 Å². The first-order valence-electron chi connectivity index (χ1n) is 7.10. The molecule has 152 valence electrons. The van der Waals surface area contributed by atoms with Crippen LogP contribution in [-0.4, -0.2) is 87.8 Å². The van der Waals surface area contributed by atoms with Gasteiger partial charge in [-0.1, -0.05) is 11.3 Å². The first-order valence-corrected chi connectivity index (χ1v) is 9.46. The Labute approximate surface area is 155 Å². The Morgan fingerprint density at radius 2 is 1.96 bits per heavy atom. The maximum absolute atomic E-state index is 11.9. The highest BCUT2D eigenvalue weighted by atomic mass is 32.2. The number of primary sulfonamides is 1. The highest BCUT2D eigenvalue weighted by molar-refractivity contribution is 7.91. The second kappa shape index (κ2) is 8.07. The molecule has 0 aromatic carbocycles. The third-order valence-corrected chi connectivity index (χ3v) is 5.64. The molecule has 5 unspecified atom stereocenters. The molecule has 1 saturated heterocycles. The molecular formula is C11H16N4O10S2. The fraction of sp³-hybridized carbons (Fsp3) is 0.636. The summed E-state index contributed by atoms with van der Waals surface area (Å²) in [7, 11) is -2.76. The molecule has 14 nitrogen and oxygen atoms in total. The van der Waals surface area contributed by atoms with E-state index in [0.29, 0.717) is 11.3 Å². The molecule has 1 aliphatic heterocycles. The topological polar surface area (TPSA) is 224 Å². The lowest BCUT2D eigenvalue weighted by Crippen LogP contribution is -2.60. The van der Waals surface area contributed by atoms with Crippen molar-refractivity contribution >= 4 is 33.2 Å². The smallest absolute Gasteiger partial charge is 0.335 e. The van der Waals surface area contributed by atoms with Crippen LogP contribution in [0.25, 0.3) is 0 Å². The van der Waals surface area contributed by atoms with Gasteiger partial charge in [0.15, 0.2) is 12.4 Å². The molecule has 0 aliphatic carbocycles. The van der Waals surface area contributed by atoms with Crippen molar-refractivity contribution in [1.82, 2.24) is 9.78 Å². The van der Waals surface area contributed by atoms with Gasteiger partial charge in [0, 0.05) is 7.05 Å². The zero-order valence-corrected chi connectivity index (χ0v) is 15.2. The average molecular weight is 428 g/mol. The van der Waals surface area contributed by atoms with Crippen LogP contribution < -0.4 is 9.94 Å². The zero-order chi connectivity index (χ0) is 20.5. The summed E-state index contributed by atoms with van der Waals surface area (Å²) in [4.78, 5) is 26.3. The van der Waals surface area contributed by atoms with Crippen molar-refractivity contribution in [3.05, 3.63) is 4.80 Å². The predicted octanol–water partition coefficient (Wildman–Crippen LogP) is -4.53. The number of aliphatic hydroxyl groups is 3. The van der Waals surface area contributed by atoms with Gasteiger partial charge < -0.3 is 29.9 Å². The van der Waals surface area contributed by atoms with E-state index >= 15 is 0 Å². The molecule has 1 aromatic rings. The van der Waals surface area contributed by atoms with Crippen molar-refractivity contribution in [2.75, 3.05) is 6.61 Å². The summed E-state index contributed by atoms with van der Waals surface area (Å²) in [5.41, 5.74) is 0. The van der Waals surface area contributed by atoms with Crippen LogP contribution in [0, 0.1) is 0 Å². The summed E-state index contributed by atoms with van der Waals surface area (Å²) in [6, 6.07) is 0. The van der Waals surface area contributed by atoms with E-state index in [1.807, 2.05) is 0 Å². The SMILES string of the molecule is Cn1nc(S(N)(=O)=O)sc1=NC(=O)COC1OC(C(=O)O)C(O)C(O)C1O. The number of nitrogens with zero attached hydrogens (tertiary/aromatic N) is 3. The van der Waals surface area contributed by atoms with Gasteiger partial charge in [0.25, 0.3) is 15.9 Å². The second-order valence-electron chi connectivity index (χ2n) is 5.37. The van der Waals surface area contributed by atoms with Crippen LogP contribution >= 0.6 is 11.3 Å². The number of carbonyl (C=O) groups excluding carboxylic acids is 1. The Balaban J connectivity index is 2.09. The van der Waals surface area contributed by atoms with E-state index in [0.717, 1.165) is 4.68 Å². The van der Waals surface area contributed by atoms with Crippen LogP contribution in [0.3, 0.4) is 0 Å². The number of hydrogen-bond acceptors (Lipinski definition) is 11. The maximum atomic E-state index is 11.9. The highest BCUT2D eigenvalue weighted by Crippen LogP contribution is 2.22. The third kappa shape index (κ3) is 4.93. The van der Waals surface area contributed by atoms with Crippen molar-refractivity contribution in [2.45, 2.75) is 35.0 Å². The monoisotopic (exact) mass is 428 g/mol. The first-order chi connectivity index (χ1) is 12.4. The van der Waals surface area contributed by atoms with Gasteiger partial charge in [-0.2, -0.15) is 4.99 Å². The van der Waals surface area contributed by atoms with E-state index in [1.165, 1.54) is 7.05 Å². The molecule has 1 amide bonds. The van der Waals surface area contributed by atoms with Crippen LogP contribution in [0.5, 0.6) is 0 Å². The van der Waals surface area contributed by atoms with Gasteiger partial charge in [0.2, 0.25) is 9.14 Å². The van der Waals surface area contributed by atoms with Gasteiger partial charge in [0.05, 0.1) is 0 Å². The zero-order valence-electron chi connectivity index (χ0n) is 13.6. The molecular weight excluding hydrogens is 412 g/mol. The highest BCUT2D eigenvalue weighted by Gasteiger charge is 2.47. The quantitative estimate of drug-likeness (QED) is 0.300. The summed E-state index contributed by atoms with van der Waals surface area (Å²) in [5.74, 6) is -2.55. The normalized spacial score (nSPS) is 29.7. The largest absolute Gasteiger partial charge is 0.479 e. The molecule has 16 heteroatoms. The standard InChI is InChI=1S/C11H16N4O10S2/c1-15-10(26-11(14-15)27(12,22)23)13-3(16)2-24-9-6(19)4(17)5(18)7(25-9)8(20)21/h4-7,9,17-19H,2H2,1H3,(H,20,21)(H2,12,22,23). The molecule has 0 bridgehead atoms. The number of sulfonamides is 1. The second-order valence-corrected chi connectivity index (χ2v) is 8.06. The van der Waals surface area contributed by atoms with Gasteiger partial charge >= 0.3 is 5.97 Å². The van der Waals surface area contributed by atoms with Gasteiger partial charge in [-0.3, -0.25) is 4.79 Å². The number of aryl methyl sites for hydroxylation is 1. The minimum absolute atomic E-state index is 0.114. The lowest BCUT2D eigenvalue weighted by atomic mass is 9.99. The third-order valence-electron chi connectivity index (χ3n) is 3.33. The number of aliphatic carboxylic acids is 1. The number of amides is 1. The first kappa shape index (κ1) is 21.5. The fourth-order valence-corrected chi connectivity index (χ4v) is 3.59. The van der Waals surface area contributed by atoms with Crippen LogP contribution in [-0.2, 0) is 36.1 Å². The van der Waals surface area contributed by atoms with Crippen molar-refractivity contribution in [3.63, 3.8) is 0 Å². The van der Waals surface area contributed by atoms with E-state index in [4.69, 9.17) is 19.7 Å². The number of aliphatic hydroxyl groups excluding tert-OH is 3. The molecule has 27 heavy (non-hydrogen) atoms. The Bertz CT molecular complexity index is 893.